The van der Waals surface area contributed by atoms with Crippen molar-refractivity contribution in [3.05, 3.63) is 24.2 Å². The highest BCUT2D eigenvalue weighted by atomic mass is 16.5. The minimum Gasteiger partial charge on any atom is -0.468 e. The molecule has 2 heterocycles. The SMILES string of the molecule is C[C@H](CNC(=O)NC[C@H](c1ccco1)N(C)C)N1CCOCC1. The van der Waals surface area contributed by atoms with Crippen LogP contribution in [-0.2, 0) is 4.74 Å². The van der Waals surface area contributed by atoms with E-state index >= 15 is 0 Å². The molecule has 0 spiro atoms. The van der Waals surface area contributed by atoms with E-state index in [1.165, 1.54) is 0 Å². The van der Waals surface area contributed by atoms with Gasteiger partial charge in [-0.3, -0.25) is 9.80 Å². The predicted octanol–water partition coefficient (Wildman–Crippen LogP) is 0.902. The third kappa shape index (κ3) is 5.53. The minimum absolute atomic E-state index is 0.0208. The number of ether oxygens (including phenoxy) is 1. The summed E-state index contributed by atoms with van der Waals surface area (Å²) in [6.45, 7) is 6.63. The summed E-state index contributed by atoms with van der Waals surface area (Å²) in [5, 5.41) is 5.85. The molecule has 2 rings (SSSR count). The molecule has 0 saturated carbocycles. The Morgan fingerprint density at radius 2 is 2.00 bits per heavy atom. The van der Waals surface area contributed by atoms with Gasteiger partial charge in [0.25, 0.3) is 0 Å². The smallest absolute Gasteiger partial charge is 0.314 e. The topological polar surface area (TPSA) is 70.0 Å². The van der Waals surface area contributed by atoms with Crippen LogP contribution in [0.5, 0.6) is 0 Å². The third-order valence-electron chi connectivity index (χ3n) is 4.18. The molecule has 1 fully saturated rings. The summed E-state index contributed by atoms with van der Waals surface area (Å²) in [7, 11) is 3.93. The Bertz CT molecular complexity index is 458. The van der Waals surface area contributed by atoms with Crippen LogP contribution in [0.2, 0.25) is 0 Å². The highest BCUT2D eigenvalue weighted by Gasteiger charge is 2.19. The second kappa shape index (κ2) is 8.90. The largest absolute Gasteiger partial charge is 0.468 e. The Labute approximate surface area is 137 Å². The Morgan fingerprint density at radius 1 is 1.30 bits per heavy atom. The summed E-state index contributed by atoms with van der Waals surface area (Å²) < 4.78 is 10.8. The summed E-state index contributed by atoms with van der Waals surface area (Å²) in [6.07, 6.45) is 1.65. The standard InChI is InChI=1S/C16H28N4O3/c1-13(20-6-9-22-10-7-20)11-17-16(21)18-12-14(19(2)3)15-5-4-8-23-15/h4-5,8,13-14H,6-7,9-12H2,1-3H3,(H2,17,18,21)/t13-,14-/m1/s1. The predicted molar refractivity (Wildman–Crippen MR) is 88.4 cm³/mol. The van der Waals surface area contributed by atoms with Crippen LogP contribution in [-0.4, -0.2) is 75.4 Å². The molecule has 7 heteroatoms. The molecule has 2 N–H and O–H groups in total. The van der Waals surface area contributed by atoms with Gasteiger partial charge in [-0.1, -0.05) is 0 Å². The Balaban J connectivity index is 1.71. The number of nitrogens with zero attached hydrogens (tertiary/aromatic N) is 2. The van der Waals surface area contributed by atoms with Crippen LogP contribution in [0.15, 0.2) is 22.8 Å². The fourth-order valence-corrected chi connectivity index (χ4v) is 2.66. The second-order valence-electron chi connectivity index (χ2n) is 6.08. The molecule has 0 unspecified atom stereocenters. The van der Waals surface area contributed by atoms with Crippen LogP contribution in [0, 0.1) is 0 Å². The van der Waals surface area contributed by atoms with Gasteiger partial charge in [0.05, 0.1) is 25.5 Å². The van der Waals surface area contributed by atoms with E-state index in [4.69, 9.17) is 9.15 Å². The van der Waals surface area contributed by atoms with Crippen molar-refractivity contribution in [3.63, 3.8) is 0 Å². The zero-order valence-electron chi connectivity index (χ0n) is 14.2. The van der Waals surface area contributed by atoms with E-state index in [1.807, 2.05) is 31.1 Å². The van der Waals surface area contributed by atoms with E-state index in [-0.39, 0.29) is 12.1 Å². The number of morpholine rings is 1. The number of hydrogen-bond acceptors (Lipinski definition) is 5. The first-order valence-electron chi connectivity index (χ1n) is 8.11. The maximum atomic E-state index is 12.0. The van der Waals surface area contributed by atoms with Crippen molar-refractivity contribution >= 4 is 6.03 Å². The fraction of sp³-hybridized carbons (Fsp3) is 0.688. The Kier molecular flexibility index (Phi) is 6.88. The van der Waals surface area contributed by atoms with Crippen molar-refractivity contribution in [2.45, 2.75) is 19.0 Å². The molecule has 0 bridgehead atoms. The molecule has 0 aromatic carbocycles. The highest BCUT2D eigenvalue weighted by Crippen LogP contribution is 2.17. The van der Waals surface area contributed by atoms with Gasteiger partial charge in [-0.25, -0.2) is 4.79 Å². The molecule has 23 heavy (non-hydrogen) atoms. The molecule has 1 aromatic rings. The van der Waals surface area contributed by atoms with Gasteiger partial charge in [0, 0.05) is 32.2 Å². The normalized spacial score (nSPS) is 18.6. The number of urea groups is 1. The van der Waals surface area contributed by atoms with Crippen LogP contribution in [0.3, 0.4) is 0 Å². The summed E-state index contributed by atoms with van der Waals surface area (Å²) in [4.78, 5) is 16.4. The number of carbonyl (C=O) groups excluding carboxylic acids is 1. The average Bonchev–Trinajstić information content (AvgIpc) is 3.07. The van der Waals surface area contributed by atoms with Crippen LogP contribution in [0.1, 0.15) is 18.7 Å². The first kappa shape index (κ1) is 17.8. The first-order valence-corrected chi connectivity index (χ1v) is 8.11. The minimum atomic E-state index is -0.150. The molecule has 1 aliphatic rings. The van der Waals surface area contributed by atoms with Gasteiger partial charge in [0.1, 0.15) is 5.76 Å². The Morgan fingerprint density at radius 3 is 2.61 bits per heavy atom. The number of rotatable bonds is 7. The molecule has 1 aromatic heterocycles. The number of furan rings is 1. The summed E-state index contributed by atoms with van der Waals surface area (Å²) >= 11 is 0. The van der Waals surface area contributed by atoms with E-state index < -0.39 is 0 Å². The maximum Gasteiger partial charge on any atom is 0.314 e. The molecule has 2 amide bonds. The lowest BCUT2D eigenvalue weighted by atomic mass is 10.2. The summed E-state index contributed by atoms with van der Waals surface area (Å²) in [5.74, 6) is 0.844. The van der Waals surface area contributed by atoms with Crippen molar-refractivity contribution < 1.29 is 13.9 Å². The highest BCUT2D eigenvalue weighted by molar-refractivity contribution is 5.73. The number of nitrogens with one attached hydrogen (secondary N) is 2. The molecule has 0 aliphatic carbocycles. The lowest BCUT2D eigenvalue weighted by Gasteiger charge is -2.32. The quantitative estimate of drug-likeness (QED) is 0.780. The van der Waals surface area contributed by atoms with Crippen molar-refractivity contribution in [2.24, 2.45) is 0 Å². The molecule has 7 nitrogen and oxygen atoms in total. The lowest BCUT2D eigenvalue weighted by Crippen LogP contribution is -2.49. The van der Waals surface area contributed by atoms with E-state index in [2.05, 4.69) is 22.5 Å². The molecular weight excluding hydrogens is 296 g/mol. The van der Waals surface area contributed by atoms with E-state index in [9.17, 15) is 4.79 Å². The summed E-state index contributed by atoms with van der Waals surface area (Å²) in [6, 6.07) is 3.95. The zero-order valence-corrected chi connectivity index (χ0v) is 14.2. The van der Waals surface area contributed by atoms with Crippen LogP contribution < -0.4 is 10.6 Å². The van der Waals surface area contributed by atoms with E-state index in [0.29, 0.717) is 19.1 Å². The van der Waals surface area contributed by atoms with Crippen molar-refractivity contribution in [1.82, 2.24) is 20.4 Å². The molecule has 2 atom stereocenters. The molecule has 1 aliphatic heterocycles. The molecule has 1 saturated heterocycles. The lowest BCUT2D eigenvalue weighted by molar-refractivity contribution is 0.0209. The van der Waals surface area contributed by atoms with Crippen LogP contribution in [0.25, 0.3) is 0 Å². The second-order valence-corrected chi connectivity index (χ2v) is 6.08. The molecule has 130 valence electrons. The number of likely N-dealkylation sites (N-methyl/N-ethyl adjacent to an activating group) is 1. The zero-order chi connectivity index (χ0) is 16.7. The molecule has 0 radical (unpaired) electrons. The molecular formula is C16H28N4O3. The van der Waals surface area contributed by atoms with Gasteiger partial charge in [0.15, 0.2) is 0 Å². The Hall–Kier alpha value is -1.57. The third-order valence-corrected chi connectivity index (χ3v) is 4.18. The monoisotopic (exact) mass is 324 g/mol. The van der Waals surface area contributed by atoms with Gasteiger partial charge in [-0.15, -0.1) is 0 Å². The first-order chi connectivity index (χ1) is 11.1. The van der Waals surface area contributed by atoms with Gasteiger partial charge in [-0.2, -0.15) is 0 Å². The fourth-order valence-electron chi connectivity index (χ4n) is 2.66. The van der Waals surface area contributed by atoms with Crippen LogP contribution in [0.4, 0.5) is 4.79 Å². The number of amides is 2. The van der Waals surface area contributed by atoms with Crippen LogP contribution >= 0.6 is 0 Å². The summed E-state index contributed by atoms with van der Waals surface area (Å²) in [5.41, 5.74) is 0. The van der Waals surface area contributed by atoms with Gasteiger partial charge in [-0.05, 0) is 33.2 Å². The van der Waals surface area contributed by atoms with Crippen molar-refractivity contribution in [1.29, 1.82) is 0 Å². The van der Waals surface area contributed by atoms with E-state index in [0.717, 1.165) is 32.1 Å². The maximum absolute atomic E-state index is 12.0. The number of carbonyl (C=O) groups is 1. The van der Waals surface area contributed by atoms with E-state index in [1.54, 1.807) is 6.26 Å². The van der Waals surface area contributed by atoms with Crippen molar-refractivity contribution in [3.8, 4) is 0 Å². The van der Waals surface area contributed by atoms with Gasteiger partial charge < -0.3 is 19.8 Å². The number of hydrogen-bond donors (Lipinski definition) is 2. The van der Waals surface area contributed by atoms with Crippen molar-refractivity contribution in [2.75, 3.05) is 53.5 Å². The average molecular weight is 324 g/mol. The van der Waals surface area contributed by atoms with Gasteiger partial charge >= 0.3 is 6.03 Å². The van der Waals surface area contributed by atoms with Gasteiger partial charge in [0.2, 0.25) is 0 Å².